The predicted molar refractivity (Wildman–Crippen MR) is 98.6 cm³/mol. The van der Waals surface area contributed by atoms with E-state index in [0.717, 1.165) is 6.07 Å². The number of carboxylic acids is 4. The van der Waals surface area contributed by atoms with Crippen molar-refractivity contribution in [2.45, 2.75) is 43.3 Å². The molecule has 0 aliphatic rings. The summed E-state index contributed by atoms with van der Waals surface area (Å²) < 4.78 is 0. The van der Waals surface area contributed by atoms with Crippen molar-refractivity contribution in [2.24, 2.45) is 5.73 Å². The van der Waals surface area contributed by atoms with E-state index in [4.69, 9.17) is 5.73 Å². The van der Waals surface area contributed by atoms with Crippen molar-refractivity contribution in [2.75, 3.05) is 0 Å². The van der Waals surface area contributed by atoms with Gasteiger partial charge in [0.2, 0.25) is 0 Å². The van der Waals surface area contributed by atoms with Crippen molar-refractivity contribution in [1.82, 2.24) is 5.32 Å². The van der Waals surface area contributed by atoms with Crippen molar-refractivity contribution in [3.05, 3.63) is 39.9 Å². The zero-order valence-corrected chi connectivity index (χ0v) is 15.6. The molecule has 0 radical (unpaired) electrons. The van der Waals surface area contributed by atoms with Crippen LogP contribution in [0.5, 0.6) is 0 Å². The van der Waals surface area contributed by atoms with Gasteiger partial charge in [0.15, 0.2) is 0 Å². The van der Waals surface area contributed by atoms with Gasteiger partial charge in [-0.15, -0.1) is 0 Å². The number of nitrogens with two attached hydrogens (primary N) is 1. The summed E-state index contributed by atoms with van der Waals surface area (Å²) in [6.07, 6.45) is -4.22. The summed E-state index contributed by atoms with van der Waals surface area (Å²) in [6, 6.07) is 5.32. The average molecular weight is 427 g/mol. The van der Waals surface area contributed by atoms with Crippen molar-refractivity contribution in [3.8, 4) is 0 Å². The van der Waals surface area contributed by atoms with Crippen LogP contribution < -0.4 is 11.1 Å². The van der Waals surface area contributed by atoms with Crippen LogP contribution in [0.15, 0.2) is 24.3 Å². The molecule has 0 bridgehead atoms. The summed E-state index contributed by atoms with van der Waals surface area (Å²) >= 11 is 0. The van der Waals surface area contributed by atoms with Crippen molar-refractivity contribution in [3.63, 3.8) is 0 Å². The minimum absolute atomic E-state index is 0.0376. The molecule has 0 aliphatic heterocycles. The highest BCUT2D eigenvalue weighted by Gasteiger charge is 2.53. The van der Waals surface area contributed by atoms with E-state index >= 15 is 0 Å². The molecule has 0 atom stereocenters. The lowest BCUT2D eigenvalue weighted by Gasteiger charge is -2.46. The first kappa shape index (κ1) is 24.5. The number of para-hydroxylation sites is 1. The van der Waals surface area contributed by atoms with E-state index in [1.165, 1.54) is 18.2 Å². The molecule has 0 aromatic heterocycles. The van der Waals surface area contributed by atoms with E-state index < -0.39 is 72.1 Å². The molecule has 0 fully saturated rings. The molecule has 30 heavy (non-hydrogen) atoms. The summed E-state index contributed by atoms with van der Waals surface area (Å²) in [5.41, 5.74) is 1.12. The van der Waals surface area contributed by atoms with E-state index in [-0.39, 0.29) is 11.3 Å². The third-order valence-corrected chi connectivity index (χ3v) is 4.60. The molecule has 1 aromatic rings. The zero-order valence-electron chi connectivity index (χ0n) is 15.6. The second-order valence-electron chi connectivity index (χ2n) is 6.76. The molecular formula is C17H21N3O10. The Morgan fingerprint density at radius 2 is 1.33 bits per heavy atom. The Labute approximate surface area is 169 Å². The second kappa shape index (κ2) is 9.76. The van der Waals surface area contributed by atoms with Crippen molar-refractivity contribution in [1.29, 1.82) is 0 Å². The van der Waals surface area contributed by atoms with Gasteiger partial charge in [0.1, 0.15) is 0 Å². The Balaban J connectivity index is 3.56. The van der Waals surface area contributed by atoms with E-state index in [1.807, 2.05) is 0 Å². The molecule has 0 spiro atoms. The number of carbonyl (C=O) groups is 4. The van der Waals surface area contributed by atoms with Crippen LogP contribution in [0.2, 0.25) is 0 Å². The second-order valence-corrected chi connectivity index (χ2v) is 6.76. The summed E-state index contributed by atoms with van der Waals surface area (Å²) in [4.78, 5) is 56.2. The number of nitrogens with zero attached hydrogens (tertiary/aromatic N) is 1. The maximum Gasteiger partial charge on any atom is 0.305 e. The minimum atomic E-state index is -2.36. The Kier molecular flexibility index (Phi) is 7.95. The Hall–Kier alpha value is -3.58. The number of hydrogen-bond donors (Lipinski definition) is 6. The number of rotatable bonds is 13. The smallest absolute Gasteiger partial charge is 0.305 e. The molecule has 7 N–H and O–H groups in total. The van der Waals surface area contributed by atoms with Crippen molar-refractivity contribution >= 4 is 29.6 Å². The largest absolute Gasteiger partial charge is 0.481 e. The van der Waals surface area contributed by atoms with Gasteiger partial charge in [-0.1, -0.05) is 18.2 Å². The molecule has 1 aromatic carbocycles. The van der Waals surface area contributed by atoms with Crippen LogP contribution in [-0.2, 0) is 25.7 Å². The molecule has 0 amide bonds. The number of benzene rings is 1. The first-order valence-electron chi connectivity index (χ1n) is 8.45. The van der Waals surface area contributed by atoms with Gasteiger partial charge in [-0.05, 0) is 0 Å². The molecule has 0 saturated carbocycles. The van der Waals surface area contributed by atoms with Gasteiger partial charge in [0.25, 0.3) is 5.69 Å². The number of nitrogens with one attached hydrogen (secondary N) is 1. The normalized spacial score (nSPS) is 11.6. The summed E-state index contributed by atoms with van der Waals surface area (Å²) in [7, 11) is 0. The van der Waals surface area contributed by atoms with Crippen LogP contribution in [0.4, 0.5) is 5.69 Å². The minimum Gasteiger partial charge on any atom is -0.481 e. The standard InChI is InChI=1S/C17H21N3O10/c18-16(5-12(21)22,6-13(23)24)17(7-14(25)26,8-15(27)28)19-9-10-3-1-2-4-11(10)20(29)30/h1-4,19H,5-9,18H2,(H,21,22)(H,23,24)(H,25,26)(H,27,28). The quantitative estimate of drug-likeness (QED) is 0.181. The molecule has 13 heteroatoms. The van der Waals surface area contributed by atoms with Gasteiger partial charge < -0.3 is 31.5 Å². The van der Waals surface area contributed by atoms with Crippen LogP contribution in [0.1, 0.15) is 31.2 Å². The molecule has 164 valence electrons. The van der Waals surface area contributed by atoms with Gasteiger partial charge in [-0.2, -0.15) is 0 Å². The van der Waals surface area contributed by atoms with Gasteiger partial charge >= 0.3 is 23.9 Å². The average Bonchev–Trinajstić information content (AvgIpc) is 2.57. The summed E-state index contributed by atoms with van der Waals surface area (Å²) in [5, 5.41) is 50.8. The Bertz CT molecular complexity index is 822. The number of nitro groups is 1. The van der Waals surface area contributed by atoms with Crippen LogP contribution in [0.25, 0.3) is 0 Å². The van der Waals surface area contributed by atoms with Crippen LogP contribution in [0, 0.1) is 10.1 Å². The third kappa shape index (κ3) is 6.22. The van der Waals surface area contributed by atoms with Gasteiger partial charge in [-0.3, -0.25) is 29.3 Å². The molecule has 0 heterocycles. The lowest BCUT2D eigenvalue weighted by atomic mass is 9.68. The number of nitro benzene ring substituents is 1. The monoisotopic (exact) mass is 427 g/mol. The van der Waals surface area contributed by atoms with Gasteiger partial charge in [-0.25, -0.2) is 0 Å². The topological polar surface area (TPSA) is 230 Å². The SMILES string of the molecule is NC(CC(=O)O)(CC(=O)O)C(CC(=O)O)(CC(=O)O)NCc1ccccc1[N+](=O)[O-]. The van der Waals surface area contributed by atoms with Gasteiger partial charge in [0.05, 0.1) is 41.7 Å². The third-order valence-electron chi connectivity index (χ3n) is 4.60. The fourth-order valence-corrected chi connectivity index (χ4v) is 3.28. The van der Waals surface area contributed by atoms with Crippen LogP contribution >= 0.6 is 0 Å². The first-order valence-corrected chi connectivity index (χ1v) is 8.45. The fraction of sp³-hybridized carbons (Fsp3) is 0.412. The Morgan fingerprint density at radius 1 is 0.900 bits per heavy atom. The number of carboxylic acid groups (broad SMARTS) is 4. The molecule has 0 aliphatic carbocycles. The van der Waals surface area contributed by atoms with Crippen LogP contribution in [0.3, 0.4) is 0 Å². The molecule has 13 nitrogen and oxygen atoms in total. The van der Waals surface area contributed by atoms with Crippen molar-refractivity contribution < 1.29 is 44.5 Å². The zero-order chi connectivity index (χ0) is 23.1. The maximum absolute atomic E-state index is 11.5. The first-order chi connectivity index (χ1) is 13.8. The molecular weight excluding hydrogens is 406 g/mol. The molecule has 1 rings (SSSR count). The highest BCUT2D eigenvalue weighted by atomic mass is 16.6. The lowest BCUT2D eigenvalue weighted by molar-refractivity contribution is -0.385. The number of aliphatic carboxylic acids is 4. The summed E-state index contributed by atoms with van der Waals surface area (Å²) in [6.45, 7) is -0.462. The van der Waals surface area contributed by atoms with E-state index in [9.17, 15) is 49.7 Å². The summed E-state index contributed by atoms with van der Waals surface area (Å²) in [5.74, 6) is -6.30. The predicted octanol–water partition coefficient (Wildman–Crippen LogP) is 0.0195. The fourth-order valence-electron chi connectivity index (χ4n) is 3.28. The lowest BCUT2D eigenvalue weighted by Crippen LogP contribution is -2.70. The highest BCUT2D eigenvalue weighted by molar-refractivity contribution is 5.78. The molecule has 0 saturated heterocycles. The van der Waals surface area contributed by atoms with E-state index in [0.29, 0.717) is 0 Å². The van der Waals surface area contributed by atoms with Crippen LogP contribution in [-0.4, -0.2) is 60.3 Å². The van der Waals surface area contributed by atoms with Gasteiger partial charge in [0, 0.05) is 18.2 Å². The number of hydrogen-bond acceptors (Lipinski definition) is 8. The van der Waals surface area contributed by atoms with E-state index in [2.05, 4.69) is 5.32 Å². The highest BCUT2D eigenvalue weighted by Crippen LogP contribution is 2.35. The Morgan fingerprint density at radius 3 is 1.73 bits per heavy atom. The maximum atomic E-state index is 11.5. The molecule has 0 unspecified atom stereocenters. The van der Waals surface area contributed by atoms with E-state index in [1.54, 1.807) is 0 Å².